The number of nitrogens with one attached hydrogen (secondary N) is 1. The molecule has 0 saturated carbocycles. The second kappa shape index (κ2) is 48.1. The van der Waals surface area contributed by atoms with Gasteiger partial charge in [-0.15, -0.1) is 0 Å². The van der Waals surface area contributed by atoms with Gasteiger partial charge in [-0.05, 0) is 89.9 Å². The van der Waals surface area contributed by atoms with Gasteiger partial charge in [0, 0.05) is 6.42 Å². The van der Waals surface area contributed by atoms with Crippen LogP contribution < -0.4 is 5.32 Å². The summed E-state index contributed by atoms with van der Waals surface area (Å²) in [5.41, 5.74) is 0. The third-order valence-corrected chi connectivity index (χ3v) is 13.1. The molecule has 6 N–H and O–H groups in total. The third-order valence-electron chi connectivity index (χ3n) is 13.1. The van der Waals surface area contributed by atoms with Crippen molar-refractivity contribution in [3.8, 4) is 0 Å². The predicted molar refractivity (Wildman–Crippen MR) is 292 cm³/mol. The minimum absolute atomic E-state index is 0.109. The highest BCUT2D eigenvalue weighted by molar-refractivity contribution is 5.80. The van der Waals surface area contributed by atoms with Gasteiger partial charge in [0.05, 0.1) is 25.4 Å². The van der Waals surface area contributed by atoms with Crippen LogP contribution >= 0.6 is 0 Å². The quantitative estimate of drug-likeness (QED) is 0.0196. The molecule has 8 unspecified atom stereocenters. The largest absolute Gasteiger partial charge is 0.454 e. The van der Waals surface area contributed by atoms with E-state index < -0.39 is 67.4 Å². The first-order valence-electron chi connectivity index (χ1n) is 28.7. The molecule has 1 fully saturated rings. The van der Waals surface area contributed by atoms with Gasteiger partial charge in [0.2, 0.25) is 5.91 Å². The Hall–Kier alpha value is -2.90. The number of carbonyl (C=O) groups is 2. The summed E-state index contributed by atoms with van der Waals surface area (Å²) < 4.78 is 17.6. The van der Waals surface area contributed by atoms with Gasteiger partial charge in [0.15, 0.2) is 12.4 Å². The Labute approximate surface area is 432 Å². The van der Waals surface area contributed by atoms with E-state index in [-0.39, 0.29) is 19.4 Å². The number of hydrogen-bond acceptors (Lipinski definition) is 10. The molecule has 0 bridgehead atoms. The normalized spacial score (nSPS) is 20.1. The smallest absolute Gasteiger partial charge is 0.306 e. The van der Waals surface area contributed by atoms with Crippen LogP contribution in [0.5, 0.6) is 0 Å². The van der Waals surface area contributed by atoms with Crippen molar-refractivity contribution in [3.05, 3.63) is 72.9 Å². The van der Waals surface area contributed by atoms with Gasteiger partial charge in [-0.1, -0.05) is 209 Å². The van der Waals surface area contributed by atoms with Crippen LogP contribution in [-0.2, 0) is 23.8 Å². The number of aliphatic hydroxyl groups excluding tert-OH is 5. The minimum atomic E-state index is -1.62. The lowest BCUT2D eigenvalue weighted by Crippen LogP contribution is -2.61. The van der Waals surface area contributed by atoms with Crippen molar-refractivity contribution >= 4 is 11.9 Å². The molecular formula is C60H105NO10. The molecule has 1 saturated heterocycles. The monoisotopic (exact) mass is 1000 g/mol. The van der Waals surface area contributed by atoms with Crippen molar-refractivity contribution in [1.82, 2.24) is 5.32 Å². The van der Waals surface area contributed by atoms with E-state index in [1.54, 1.807) is 6.08 Å². The Bertz CT molecular complexity index is 1430. The van der Waals surface area contributed by atoms with Crippen LogP contribution in [0.25, 0.3) is 0 Å². The number of allylic oxidation sites excluding steroid dienone is 11. The highest BCUT2D eigenvalue weighted by atomic mass is 16.7. The molecule has 410 valence electrons. The van der Waals surface area contributed by atoms with E-state index >= 15 is 0 Å². The third kappa shape index (κ3) is 36.6. The van der Waals surface area contributed by atoms with Crippen molar-refractivity contribution in [2.24, 2.45) is 0 Å². The van der Waals surface area contributed by atoms with Gasteiger partial charge in [-0.25, -0.2) is 0 Å². The standard InChI is InChI=1S/C60H105NO10/c1-4-7-10-13-16-19-22-25-26-27-28-30-33-36-39-42-45-48-55(65)71-58-57(67)56(66)54(49-62)70-60(58)69-50-51(52(63)46-43-40-37-34-31-24-21-18-15-12-9-6-3)61-59(68)53(64)47-44-41-38-35-32-29-23-20-17-14-11-8-5-2/h8,11,16-17,19-20,25-26,29,32,43,46,51-54,56-58,60,62-64,66-67H,4-7,9-10,12-15,18,21-24,27-28,30-31,33-42,44-45,47-50H2,1-3H3,(H,61,68)/b11-8+,19-16-,20-17+,26-25-,32-29+,46-43+. The molecule has 0 aromatic heterocycles. The Balaban J connectivity index is 2.74. The zero-order valence-corrected chi connectivity index (χ0v) is 45.1. The fourth-order valence-corrected chi connectivity index (χ4v) is 8.52. The van der Waals surface area contributed by atoms with Crippen molar-refractivity contribution in [1.29, 1.82) is 0 Å². The lowest BCUT2D eigenvalue weighted by molar-refractivity contribution is -0.305. The van der Waals surface area contributed by atoms with E-state index in [1.165, 1.54) is 89.9 Å². The molecule has 0 aromatic rings. The average molecular weight is 1000 g/mol. The lowest BCUT2D eigenvalue weighted by Gasteiger charge is -2.41. The second-order valence-electron chi connectivity index (χ2n) is 19.6. The first-order valence-corrected chi connectivity index (χ1v) is 28.7. The SMILES string of the molecule is CC/C=C/C/C=C/C/C=C/CCCCCC(O)C(=O)NC(COC1OC(CO)C(O)C(O)C1OC(=O)CCCCCCCCC/C=C\C/C=C\CCCCC)C(O)/C=C/CCCCCCCCCCCC. The molecule has 0 aromatic carbocycles. The van der Waals surface area contributed by atoms with Crippen molar-refractivity contribution < 1.29 is 49.3 Å². The summed E-state index contributed by atoms with van der Waals surface area (Å²) in [6, 6.07) is -1.04. The number of amides is 1. The minimum Gasteiger partial charge on any atom is -0.454 e. The summed E-state index contributed by atoms with van der Waals surface area (Å²) in [5, 5.41) is 56.8. The summed E-state index contributed by atoms with van der Waals surface area (Å²) in [6.07, 6.45) is 49.4. The summed E-state index contributed by atoms with van der Waals surface area (Å²) in [4.78, 5) is 26.4. The van der Waals surface area contributed by atoms with Crippen LogP contribution in [0.4, 0.5) is 0 Å². The van der Waals surface area contributed by atoms with Crippen molar-refractivity contribution in [2.45, 2.75) is 282 Å². The van der Waals surface area contributed by atoms with Gasteiger partial charge in [-0.3, -0.25) is 9.59 Å². The van der Waals surface area contributed by atoms with Gasteiger partial charge >= 0.3 is 5.97 Å². The first kappa shape index (κ1) is 66.1. The van der Waals surface area contributed by atoms with E-state index in [1.807, 2.05) is 6.08 Å². The first-order chi connectivity index (χ1) is 34.7. The van der Waals surface area contributed by atoms with E-state index in [0.29, 0.717) is 12.8 Å². The van der Waals surface area contributed by atoms with Crippen LogP contribution in [0, 0.1) is 0 Å². The van der Waals surface area contributed by atoms with Crippen LogP contribution in [0.1, 0.15) is 233 Å². The van der Waals surface area contributed by atoms with E-state index in [2.05, 4.69) is 86.8 Å². The predicted octanol–water partition coefficient (Wildman–Crippen LogP) is 12.8. The number of esters is 1. The summed E-state index contributed by atoms with van der Waals surface area (Å²) in [6.45, 7) is 5.61. The number of aliphatic hydroxyl groups is 5. The van der Waals surface area contributed by atoms with Crippen molar-refractivity contribution in [2.75, 3.05) is 13.2 Å². The molecule has 1 aliphatic rings. The molecule has 8 atom stereocenters. The Kier molecular flexibility index (Phi) is 44.8. The Morgan fingerprint density at radius 1 is 0.563 bits per heavy atom. The van der Waals surface area contributed by atoms with Crippen LogP contribution in [0.3, 0.4) is 0 Å². The second-order valence-corrected chi connectivity index (χ2v) is 19.6. The number of rotatable bonds is 47. The lowest BCUT2D eigenvalue weighted by atomic mass is 9.99. The van der Waals surface area contributed by atoms with Gasteiger partial charge in [0.25, 0.3) is 0 Å². The van der Waals surface area contributed by atoms with Crippen LogP contribution in [0.15, 0.2) is 72.9 Å². The molecule has 1 heterocycles. The number of carbonyl (C=O) groups excluding carboxylic acids is 2. The highest BCUT2D eigenvalue weighted by Gasteiger charge is 2.47. The van der Waals surface area contributed by atoms with Gasteiger partial charge < -0.3 is 45.1 Å². The number of ether oxygens (including phenoxy) is 3. The van der Waals surface area contributed by atoms with Crippen LogP contribution in [-0.4, -0.2) is 99.6 Å². The maximum absolute atomic E-state index is 13.3. The maximum atomic E-state index is 13.3. The maximum Gasteiger partial charge on any atom is 0.306 e. The zero-order valence-electron chi connectivity index (χ0n) is 45.1. The molecule has 71 heavy (non-hydrogen) atoms. The van der Waals surface area contributed by atoms with E-state index in [9.17, 15) is 35.1 Å². The topological polar surface area (TPSA) is 175 Å². The number of unbranched alkanes of at least 4 members (excludes halogenated alkanes) is 23. The van der Waals surface area contributed by atoms with Gasteiger partial charge in [-0.2, -0.15) is 0 Å². The average Bonchev–Trinajstić information content (AvgIpc) is 3.37. The molecule has 1 amide bonds. The molecule has 11 heteroatoms. The fraction of sp³-hybridized carbons (Fsp3) is 0.767. The fourth-order valence-electron chi connectivity index (χ4n) is 8.52. The highest BCUT2D eigenvalue weighted by Crippen LogP contribution is 2.26. The summed E-state index contributed by atoms with van der Waals surface area (Å²) in [5.74, 6) is -1.23. The molecule has 0 spiro atoms. The summed E-state index contributed by atoms with van der Waals surface area (Å²) >= 11 is 0. The molecule has 1 aliphatic heterocycles. The summed E-state index contributed by atoms with van der Waals surface area (Å²) in [7, 11) is 0. The van der Waals surface area contributed by atoms with Crippen molar-refractivity contribution in [3.63, 3.8) is 0 Å². The molecule has 0 aliphatic carbocycles. The molecular weight excluding hydrogens is 895 g/mol. The van der Waals surface area contributed by atoms with E-state index in [0.717, 1.165) is 96.3 Å². The Morgan fingerprint density at radius 2 is 1.01 bits per heavy atom. The Morgan fingerprint density at radius 3 is 1.55 bits per heavy atom. The van der Waals surface area contributed by atoms with Gasteiger partial charge in [0.1, 0.15) is 24.4 Å². The number of hydrogen-bond donors (Lipinski definition) is 6. The van der Waals surface area contributed by atoms with Crippen LogP contribution in [0.2, 0.25) is 0 Å². The molecule has 11 nitrogen and oxygen atoms in total. The van der Waals surface area contributed by atoms with E-state index in [4.69, 9.17) is 14.2 Å². The molecule has 0 radical (unpaired) electrons. The zero-order chi connectivity index (χ0) is 51.8. The molecule has 1 rings (SSSR count).